The summed E-state index contributed by atoms with van der Waals surface area (Å²) in [6, 6.07) is 0. The second-order valence-corrected chi connectivity index (χ2v) is 2.65. The lowest BCUT2D eigenvalue weighted by Crippen LogP contribution is -2.24. The molecule has 5 heteroatoms. The van der Waals surface area contributed by atoms with E-state index in [0.29, 0.717) is 0 Å². The Morgan fingerprint density at radius 1 is 1.45 bits per heavy atom. The summed E-state index contributed by atoms with van der Waals surface area (Å²) in [5.41, 5.74) is 0. The van der Waals surface area contributed by atoms with Crippen molar-refractivity contribution >= 4 is 0 Å². The van der Waals surface area contributed by atoms with Crippen LogP contribution < -0.4 is 0 Å². The van der Waals surface area contributed by atoms with Gasteiger partial charge in [-0.05, 0) is 12.8 Å². The van der Waals surface area contributed by atoms with E-state index >= 15 is 0 Å². The maximum atomic E-state index is 11.5. The molecule has 0 aliphatic heterocycles. The fourth-order valence-electron chi connectivity index (χ4n) is 0.697. The Hall–Kier alpha value is -0.290. The van der Waals surface area contributed by atoms with E-state index in [2.05, 4.69) is 4.74 Å². The van der Waals surface area contributed by atoms with Gasteiger partial charge in [-0.3, -0.25) is 0 Å². The largest absolute Gasteiger partial charge is 0.411 e. The maximum absolute atomic E-state index is 11.5. The van der Waals surface area contributed by atoms with E-state index in [9.17, 15) is 13.2 Å². The zero-order valence-electron chi connectivity index (χ0n) is 5.77. The van der Waals surface area contributed by atoms with Gasteiger partial charge in [0.2, 0.25) is 0 Å². The minimum absolute atomic E-state index is 0.0719. The standard InChI is InChI=1S/C6H9F3O2/c7-6(8,9)3-11-5(10)4-1-2-4/h4-5,10H,1-3H2. The molecule has 0 amide bonds. The van der Waals surface area contributed by atoms with Crippen LogP contribution in [0, 0.1) is 5.92 Å². The summed E-state index contributed by atoms with van der Waals surface area (Å²) in [5.74, 6) is -0.0719. The van der Waals surface area contributed by atoms with Crippen molar-refractivity contribution in [1.29, 1.82) is 0 Å². The summed E-state index contributed by atoms with van der Waals surface area (Å²) in [6.45, 7) is -1.36. The first-order valence-corrected chi connectivity index (χ1v) is 3.35. The van der Waals surface area contributed by atoms with E-state index in [1.807, 2.05) is 0 Å². The number of aliphatic hydroxyl groups excluding tert-OH is 1. The molecule has 0 spiro atoms. The van der Waals surface area contributed by atoms with Gasteiger partial charge in [0.05, 0.1) is 0 Å². The molecule has 1 aliphatic rings. The zero-order chi connectivity index (χ0) is 8.48. The molecule has 1 fully saturated rings. The Kier molecular flexibility index (Phi) is 2.39. The van der Waals surface area contributed by atoms with Gasteiger partial charge in [0, 0.05) is 5.92 Å². The first-order chi connectivity index (χ1) is 4.99. The van der Waals surface area contributed by atoms with Gasteiger partial charge in [-0.15, -0.1) is 0 Å². The average molecular weight is 170 g/mol. The van der Waals surface area contributed by atoms with Crippen LogP contribution in [0.4, 0.5) is 13.2 Å². The van der Waals surface area contributed by atoms with E-state index in [0.717, 1.165) is 12.8 Å². The lowest BCUT2D eigenvalue weighted by molar-refractivity contribution is -0.220. The molecule has 1 rings (SSSR count). The molecule has 0 radical (unpaired) electrons. The fraction of sp³-hybridized carbons (Fsp3) is 1.00. The predicted octanol–water partition coefficient (Wildman–Crippen LogP) is 1.29. The van der Waals surface area contributed by atoms with E-state index in [-0.39, 0.29) is 5.92 Å². The van der Waals surface area contributed by atoms with Crippen LogP contribution in [0.25, 0.3) is 0 Å². The van der Waals surface area contributed by atoms with Crippen molar-refractivity contribution in [3.8, 4) is 0 Å². The van der Waals surface area contributed by atoms with Gasteiger partial charge in [-0.2, -0.15) is 13.2 Å². The van der Waals surface area contributed by atoms with Crippen molar-refractivity contribution in [2.24, 2.45) is 5.92 Å². The maximum Gasteiger partial charge on any atom is 0.411 e. The SMILES string of the molecule is OC(OCC(F)(F)F)C1CC1. The Morgan fingerprint density at radius 3 is 2.36 bits per heavy atom. The van der Waals surface area contributed by atoms with Crippen LogP contribution in [-0.2, 0) is 4.74 Å². The fourth-order valence-corrected chi connectivity index (χ4v) is 0.697. The summed E-state index contributed by atoms with van der Waals surface area (Å²) in [7, 11) is 0. The molecule has 1 saturated carbocycles. The first-order valence-electron chi connectivity index (χ1n) is 3.35. The Labute approximate surface area is 62.0 Å². The highest BCUT2D eigenvalue weighted by molar-refractivity contribution is 4.75. The summed E-state index contributed by atoms with van der Waals surface area (Å²) in [4.78, 5) is 0. The molecule has 2 nitrogen and oxygen atoms in total. The average Bonchev–Trinajstić information content (AvgIpc) is 2.61. The minimum atomic E-state index is -4.34. The molecule has 1 unspecified atom stereocenters. The van der Waals surface area contributed by atoms with Crippen molar-refractivity contribution in [2.75, 3.05) is 6.61 Å². The Morgan fingerprint density at radius 2 is 2.00 bits per heavy atom. The molecule has 1 atom stereocenters. The van der Waals surface area contributed by atoms with Crippen molar-refractivity contribution in [3.63, 3.8) is 0 Å². The third kappa shape index (κ3) is 3.57. The number of halogens is 3. The number of hydrogen-bond donors (Lipinski definition) is 1. The topological polar surface area (TPSA) is 29.5 Å². The second-order valence-electron chi connectivity index (χ2n) is 2.65. The normalized spacial score (nSPS) is 21.8. The van der Waals surface area contributed by atoms with E-state index in [4.69, 9.17) is 5.11 Å². The van der Waals surface area contributed by atoms with Crippen LogP contribution >= 0.6 is 0 Å². The molecule has 0 saturated heterocycles. The Bertz CT molecular complexity index is 130. The van der Waals surface area contributed by atoms with Gasteiger partial charge >= 0.3 is 6.18 Å². The monoisotopic (exact) mass is 170 g/mol. The van der Waals surface area contributed by atoms with Crippen molar-refractivity contribution in [2.45, 2.75) is 25.3 Å². The van der Waals surface area contributed by atoms with Gasteiger partial charge in [-0.25, -0.2) is 0 Å². The molecule has 0 aromatic heterocycles. The summed E-state index contributed by atoms with van der Waals surface area (Å²) in [6.07, 6.45) is -4.04. The van der Waals surface area contributed by atoms with Crippen molar-refractivity contribution in [3.05, 3.63) is 0 Å². The van der Waals surface area contributed by atoms with Crippen molar-refractivity contribution in [1.82, 2.24) is 0 Å². The van der Waals surface area contributed by atoms with Gasteiger partial charge < -0.3 is 9.84 Å². The third-order valence-corrected chi connectivity index (χ3v) is 1.44. The third-order valence-electron chi connectivity index (χ3n) is 1.44. The smallest absolute Gasteiger partial charge is 0.368 e. The van der Waals surface area contributed by atoms with Crippen LogP contribution in [0.2, 0.25) is 0 Å². The van der Waals surface area contributed by atoms with Crippen LogP contribution in [-0.4, -0.2) is 24.2 Å². The number of ether oxygens (including phenoxy) is 1. The van der Waals surface area contributed by atoms with E-state index < -0.39 is 19.1 Å². The van der Waals surface area contributed by atoms with E-state index in [1.165, 1.54) is 0 Å². The van der Waals surface area contributed by atoms with Gasteiger partial charge in [0.15, 0.2) is 6.29 Å². The molecule has 66 valence electrons. The lowest BCUT2D eigenvalue weighted by atomic mass is 10.4. The second kappa shape index (κ2) is 2.98. The highest BCUT2D eigenvalue weighted by Crippen LogP contribution is 2.33. The molecule has 0 heterocycles. The molecule has 0 bridgehead atoms. The van der Waals surface area contributed by atoms with Gasteiger partial charge in [-0.1, -0.05) is 0 Å². The quantitative estimate of drug-likeness (QED) is 0.647. The summed E-state index contributed by atoms with van der Waals surface area (Å²) >= 11 is 0. The highest BCUT2D eigenvalue weighted by atomic mass is 19.4. The van der Waals surface area contributed by atoms with Crippen molar-refractivity contribution < 1.29 is 23.0 Å². The molecule has 0 aromatic carbocycles. The lowest BCUT2D eigenvalue weighted by Gasteiger charge is -2.12. The summed E-state index contributed by atoms with van der Waals surface area (Å²) < 4.78 is 38.6. The molecular weight excluding hydrogens is 161 g/mol. The number of rotatable bonds is 3. The van der Waals surface area contributed by atoms with E-state index in [1.54, 1.807) is 0 Å². The Balaban J connectivity index is 2.10. The minimum Gasteiger partial charge on any atom is -0.368 e. The molecule has 0 aromatic rings. The predicted molar refractivity (Wildman–Crippen MR) is 30.7 cm³/mol. The van der Waals surface area contributed by atoms with Gasteiger partial charge in [0.1, 0.15) is 6.61 Å². The molecular formula is C6H9F3O2. The van der Waals surface area contributed by atoms with Crippen LogP contribution in [0.3, 0.4) is 0 Å². The zero-order valence-corrected chi connectivity index (χ0v) is 5.77. The number of aliphatic hydroxyl groups is 1. The first kappa shape index (κ1) is 8.80. The summed E-state index contributed by atoms with van der Waals surface area (Å²) in [5, 5.41) is 8.83. The van der Waals surface area contributed by atoms with Crippen LogP contribution in [0.15, 0.2) is 0 Å². The molecule has 11 heavy (non-hydrogen) atoms. The highest BCUT2D eigenvalue weighted by Gasteiger charge is 2.35. The molecule has 1 N–H and O–H groups in total. The molecule has 1 aliphatic carbocycles. The van der Waals surface area contributed by atoms with Gasteiger partial charge in [0.25, 0.3) is 0 Å². The van der Waals surface area contributed by atoms with Crippen LogP contribution in [0.1, 0.15) is 12.8 Å². The van der Waals surface area contributed by atoms with Crippen LogP contribution in [0.5, 0.6) is 0 Å². The number of alkyl halides is 3. The number of hydrogen-bond acceptors (Lipinski definition) is 2.